The zero-order chi connectivity index (χ0) is 23.0. The van der Waals surface area contributed by atoms with E-state index in [1.165, 1.54) is 11.1 Å². The molecule has 0 bridgehead atoms. The van der Waals surface area contributed by atoms with Crippen molar-refractivity contribution >= 4 is 17.6 Å². The van der Waals surface area contributed by atoms with Crippen molar-refractivity contribution in [2.45, 2.75) is 26.4 Å². The molecule has 0 fully saturated rings. The Morgan fingerprint density at radius 2 is 1.76 bits per heavy atom. The molecule has 0 spiro atoms. The van der Waals surface area contributed by atoms with Gasteiger partial charge < -0.3 is 25.8 Å². The van der Waals surface area contributed by atoms with Crippen LogP contribution in [0.2, 0.25) is 0 Å². The predicted molar refractivity (Wildman–Crippen MR) is 130 cm³/mol. The number of benzene rings is 3. The van der Waals surface area contributed by atoms with Crippen molar-refractivity contribution in [3.8, 4) is 11.5 Å². The van der Waals surface area contributed by atoms with Gasteiger partial charge in [0.1, 0.15) is 0 Å². The highest BCUT2D eigenvalue weighted by atomic mass is 16.5. The van der Waals surface area contributed by atoms with Crippen LogP contribution in [0.4, 0.5) is 5.69 Å². The quantitative estimate of drug-likeness (QED) is 0.394. The first-order valence-electron chi connectivity index (χ1n) is 11.0. The summed E-state index contributed by atoms with van der Waals surface area (Å²) in [4.78, 5) is 16.1. The topological polar surface area (TPSA) is 98.0 Å². The number of nitrogens with two attached hydrogens (primary N) is 1. The van der Waals surface area contributed by atoms with Crippen LogP contribution in [0.25, 0.3) is 0 Å². The molecule has 0 atom stereocenters. The highest BCUT2D eigenvalue weighted by Crippen LogP contribution is 2.32. The molecule has 1 heterocycles. The first-order chi connectivity index (χ1) is 16.1. The first-order valence-corrected chi connectivity index (χ1v) is 11.0. The number of amides is 1. The molecule has 1 aliphatic heterocycles. The number of primary amides is 1. The molecule has 170 valence electrons. The average Bonchev–Trinajstić information content (AvgIpc) is 3.07. The molecule has 1 aliphatic rings. The van der Waals surface area contributed by atoms with Crippen LogP contribution in [0.3, 0.4) is 0 Å². The minimum Gasteiger partial charge on any atom is -0.490 e. The van der Waals surface area contributed by atoms with Gasteiger partial charge in [-0.15, -0.1) is 0 Å². The maximum atomic E-state index is 11.3. The lowest BCUT2D eigenvalue weighted by atomic mass is 10.1. The number of aryl methyl sites for hydroxylation is 1. The lowest BCUT2D eigenvalue weighted by Crippen LogP contribution is -2.30. The Bertz CT molecular complexity index is 1140. The van der Waals surface area contributed by atoms with Gasteiger partial charge in [-0.3, -0.25) is 4.79 Å². The summed E-state index contributed by atoms with van der Waals surface area (Å²) in [6.07, 6.45) is 0.858. The molecule has 0 saturated carbocycles. The van der Waals surface area contributed by atoms with E-state index in [4.69, 9.17) is 20.2 Å². The normalized spacial score (nSPS) is 13.2. The van der Waals surface area contributed by atoms with Crippen LogP contribution >= 0.6 is 0 Å². The van der Waals surface area contributed by atoms with E-state index in [0.717, 1.165) is 29.2 Å². The summed E-state index contributed by atoms with van der Waals surface area (Å²) >= 11 is 0. The van der Waals surface area contributed by atoms with E-state index in [9.17, 15) is 4.79 Å². The molecular formula is C26H28N4O3. The molecule has 4 rings (SSSR count). The SMILES string of the molecule is Cc1ccccc1CNC(=NCc1ccc(C(N)=O)cc1)Nc1ccc2c(c1)OCCCO2. The number of carbonyl (C=O) groups is 1. The second kappa shape index (κ2) is 10.5. The number of rotatable bonds is 6. The Hall–Kier alpha value is -4.00. The fourth-order valence-corrected chi connectivity index (χ4v) is 3.45. The van der Waals surface area contributed by atoms with Gasteiger partial charge in [0, 0.05) is 30.3 Å². The van der Waals surface area contributed by atoms with E-state index in [1.807, 2.05) is 42.5 Å². The van der Waals surface area contributed by atoms with Crippen molar-refractivity contribution in [2.24, 2.45) is 10.7 Å². The number of guanidine groups is 1. The number of aliphatic imine (C=N–C) groups is 1. The third-order valence-corrected chi connectivity index (χ3v) is 5.38. The number of nitrogens with one attached hydrogen (secondary N) is 2. The fraction of sp³-hybridized carbons (Fsp3) is 0.231. The highest BCUT2D eigenvalue weighted by molar-refractivity contribution is 5.94. The van der Waals surface area contributed by atoms with Gasteiger partial charge in [0.2, 0.25) is 5.91 Å². The lowest BCUT2D eigenvalue weighted by Gasteiger charge is -2.15. The summed E-state index contributed by atoms with van der Waals surface area (Å²) in [6, 6.07) is 21.2. The van der Waals surface area contributed by atoms with E-state index in [1.54, 1.807) is 12.1 Å². The predicted octanol–water partition coefficient (Wildman–Crippen LogP) is 4.01. The van der Waals surface area contributed by atoms with Crippen molar-refractivity contribution in [1.82, 2.24) is 5.32 Å². The van der Waals surface area contributed by atoms with Crippen LogP contribution in [0.1, 0.15) is 33.5 Å². The molecule has 3 aromatic rings. The minimum atomic E-state index is -0.443. The summed E-state index contributed by atoms with van der Waals surface area (Å²) in [5, 5.41) is 6.78. The molecule has 0 aliphatic carbocycles. The third kappa shape index (κ3) is 6.04. The Morgan fingerprint density at radius 3 is 2.52 bits per heavy atom. The van der Waals surface area contributed by atoms with Gasteiger partial charge in [0.05, 0.1) is 19.8 Å². The number of fused-ring (bicyclic) bond motifs is 1. The van der Waals surface area contributed by atoms with E-state index in [0.29, 0.717) is 37.8 Å². The standard InChI is InChI=1S/C26H28N4O3/c1-18-5-2-3-6-21(18)17-29-26(28-16-19-7-9-20(10-8-19)25(27)31)30-22-11-12-23-24(15-22)33-14-4-13-32-23/h2-3,5-12,15H,4,13-14,16-17H2,1H3,(H2,27,31)(H2,28,29,30). The summed E-state index contributed by atoms with van der Waals surface area (Å²) in [5.74, 6) is 1.66. The summed E-state index contributed by atoms with van der Waals surface area (Å²) in [7, 11) is 0. The number of nitrogens with zero attached hydrogens (tertiary/aromatic N) is 1. The van der Waals surface area contributed by atoms with Gasteiger partial charge in [0.15, 0.2) is 17.5 Å². The molecule has 0 saturated heterocycles. The Labute approximate surface area is 193 Å². The molecule has 33 heavy (non-hydrogen) atoms. The maximum absolute atomic E-state index is 11.3. The maximum Gasteiger partial charge on any atom is 0.248 e. The van der Waals surface area contributed by atoms with Gasteiger partial charge in [-0.25, -0.2) is 4.99 Å². The van der Waals surface area contributed by atoms with Gasteiger partial charge in [0.25, 0.3) is 0 Å². The third-order valence-electron chi connectivity index (χ3n) is 5.38. The van der Waals surface area contributed by atoms with Crippen LogP contribution in [-0.4, -0.2) is 25.1 Å². The van der Waals surface area contributed by atoms with E-state index in [2.05, 4.69) is 29.7 Å². The molecule has 3 aromatic carbocycles. The molecule has 4 N–H and O–H groups in total. The number of ether oxygens (including phenoxy) is 2. The smallest absolute Gasteiger partial charge is 0.248 e. The van der Waals surface area contributed by atoms with Gasteiger partial charge in [-0.2, -0.15) is 0 Å². The summed E-state index contributed by atoms with van der Waals surface area (Å²) in [5.41, 5.74) is 10.0. The van der Waals surface area contributed by atoms with Crippen molar-refractivity contribution in [2.75, 3.05) is 18.5 Å². The number of carbonyl (C=O) groups excluding carboxylic acids is 1. The molecule has 0 unspecified atom stereocenters. The molecule has 7 heteroatoms. The molecule has 7 nitrogen and oxygen atoms in total. The number of hydrogen-bond donors (Lipinski definition) is 3. The largest absolute Gasteiger partial charge is 0.490 e. The molecule has 0 radical (unpaired) electrons. The van der Waals surface area contributed by atoms with Crippen molar-refractivity contribution in [1.29, 1.82) is 0 Å². The van der Waals surface area contributed by atoms with Crippen molar-refractivity contribution in [3.05, 3.63) is 89.0 Å². The Kier molecular flexibility index (Phi) is 7.09. The van der Waals surface area contributed by atoms with Crippen LogP contribution < -0.4 is 25.8 Å². The van der Waals surface area contributed by atoms with Gasteiger partial charge >= 0.3 is 0 Å². The first kappa shape index (κ1) is 22.2. The summed E-state index contributed by atoms with van der Waals surface area (Å²) in [6.45, 7) is 4.44. The molecule has 0 aromatic heterocycles. The van der Waals surface area contributed by atoms with Crippen LogP contribution in [0.15, 0.2) is 71.7 Å². The molecular weight excluding hydrogens is 416 g/mol. The number of anilines is 1. The van der Waals surface area contributed by atoms with Crippen LogP contribution in [0.5, 0.6) is 11.5 Å². The fourth-order valence-electron chi connectivity index (χ4n) is 3.45. The monoisotopic (exact) mass is 444 g/mol. The second-order valence-corrected chi connectivity index (χ2v) is 7.84. The Morgan fingerprint density at radius 1 is 1.00 bits per heavy atom. The van der Waals surface area contributed by atoms with Crippen LogP contribution in [0, 0.1) is 6.92 Å². The summed E-state index contributed by atoms with van der Waals surface area (Å²) < 4.78 is 11.5. The second-order valence-electron chi connectivity index (χ2n) is 7.84. The number of hydrogen-bond acceptors (Lipinski definition) is 4. The Balaban J connectivity index is 1.52. The van der Waals surface area contributed by atoms with E-state index in [-0.39, 0.29) is 0 Å². The zero-order valence-corrected chi connectivity index (χ0v) is 18.6. The minimum absolute atomic E-state index is 0.437. The van der Waals surface area contributed by atoms with Crippen LogP contribution in [-0.2, 0) is 13.1 Å². The highest BCUT2D eigenvalue weighted by Gasteiger charge is 2.12. The van der Waals surface area contributed by atoms with Gasteiger partial charge in [-0.1, -0.05) is 36.4 Å². The average molecular weight is 445 g/mol. The van der Waals surface area contributed by atoms with E-state index < -0.39 is 5.91 Å². The van der Waals surface area contributed by atoms with Crippen molar-refractivity contribution in [3.63, 3.8) is 0 Å². The lowest BCUT2D eigenvalue weighted by molar-refractivity contribution is 0.100. The van der Waals surface area contributed by atoms with Crippen molar-refractivity contribution < 1.29 is 14.3 Å². The van der Waals surface area contributed by atoms with E-state index >= 15 is 0 Å². The zero-order valence-electron chi connectivity index (χ0n) is 18.6. The van der Waals surface area contributed by atoms with Gasteiger partial charge in [-0.05, 0) is 47.9 Å². The molecule has 1 amide bonds.